The Hall–Kier alpha value is -2.43. The van der Waals surface area contributed by atoms with Gasteiger partial charge in [0.1, 0.15) is 0 Å². The van der Waals surface area contributed by atoms with Crippen molar-refractivity contribution in [1.82, 2.24) is 9.97 Å². The fraction of sp³-hybridized carbons (Fsp3) is 0.421. The van der Waals surface area contributed by atoms with Crippen LogP contribution >= 0.6 is 0 Å². The largest absolute Gasteiger partial charge is 0.481 e. The van der Waals surface area contributed by atoms with Crippen LogP contribution in [0, 0.1) is 11.8 Å². The Kier molecular flexibility index (Phi) is 5.08. The molecule has 3 rings (SSSR count). The van der Waals surface area contributed by atoms with E-state index >= 15 is 0 Å². The molecule has 0 aromatic carbocycles. The average molecular weight is 326 g/mol. The summed E-state index contributed by atoms with van der Waals surface area (Å²) < 4.78 is 5.48. The standard InChI is InChI=1S/C19H22N2O3/c1-2-24-17-10-9-16-18(21-17)14(11-12-20-16)6-3-13-4-7-15(8-5-13)19(22)23/h3,6,9-13,15H,2,4-5,7-8H2,1H3,(H,22,23)/t13-,15-. The molecule has 126 valence electrons. The van der Waals surface area contributed by atoms with Gasteiger partial charge in [-0.25, -0.2) is 4.98 Å². The number of carboxylic acid groups (broad SMARTS) is 1. The van der Waals surface area contributed by atoms with E-state index in [1.807, 2.05) is 25.1 Å². The van der Waals surface area contributed by atoms with E-state index in [1.54, 1.807) is 6.20 Å². The molecule has 0 radical (unpaired) electrons. The molecule has 0 atom stereocenters. The number of carboxylic acids is 1. The van der Waals surface area contributed by atoms with E-state index in [9.17, 15) is 4.79 Å². The van der Waals surface area contributed by atoms with E-state index in [2.05, 4.69) is 22.1 Å². The molecule has 2 aromatic rings. The van der Waals surface area contributed by atoms with E-state index in [1.165, 1.54) is 0 Å². The normalized spacial score (nSPS) is 21.2. The number of hydrogen-bond acceptors (Lipinski definition) is 4. The number of aliphatic carboxylic acids is 1. The summed E-state index contributed by atoms with van der Waals surface area (Å²) in [5.74, 6) is 0.200. The Morgan fingerprint density at radius 2 is 2.08 bits per heavy atom. The molecule has 0 bridgehead atoms. The lowest BCUT2D eigenvalue weighted by atomic mass is 9.82. The molecule has 0 saturated heterocycles. The monoisotopic (exact) mass is 326 g/mol. The van der Waals surface area contributed by atoms with E-state index in [4.69, 9.17) is 9.84 Å². The first-order valence-electron chi connectivity index (χ1n) is 8.47. The molecule has 0 spiro atoms. The first kappa shape index (κ1) is 16.4. The van der Waals surface area contributed by atoms with Crippen LogP contribution in [0.3, 0.4) is 0 Å². The summed E-state index contributed by atoms with van der Waals surface area (Å²) >= 11 is 0. The lowest BCUT2D eigenvalue weighted by molar-refractivity contribution is -0.142. The van der Waals surface area contributed by atoms with Crippen molar-refractivity contribution in [3.05, 3.63) is 36.0 Å². The maximum Gasteiger partial charge on any atom is 0.306 e. The van der Waals surface area contributed by atoms with E-state index in [0.29, 0.717) is 18.4 Å². The Bertz CT molecular complexity index is 749. The zero-order valence-electron chi connectivity index (χ0n) is 13.8. The molecule has 24 heavy (non-hydrogen) atoms. The maximum atomic E-state index is 11.0. The summed E-state index contributed by atoms with van der Waals surface area (Å²) in [4.78, 5) is 19.9. The van der Waals surface area contributed by atoms with Crippen LogP contribution in [0.25, 0.3) is 17.1 Å². The molecule has 0 aliphatic heterocycles. The minimum absolute atomic E-state index is 0.174. The molecule has 1 aliphatic carbocycles. The van der Waals surface area contributed by atoms with Gasteiger partial charge in [-0.1, -0.05) is 12.2 Å². The molecule has 2 heterocycles. The van der Waals surface area contributed by atoms with Gasteiger partial charge >= 0.3 is 5.97 Å². The summed E-state index contributed by atoms with van der Waals surface area (Å²) in [5, 5.41) is 9.08. The lowest BCUT2D eigenvalue weighted by Crippen LogP contribution is -2.20. The highest BCUT2D eigenvalue weighted by atomic mass is 16.5. The predicted octanol–water partition coefficient (Wildman–Crippen LogP) is 3.93. The number of aromatic nitrogens is 2. The van der Waals surface area contributed by atoms with E-state index < -0.39 is 5.97 Å². The molecule has 0 amide bonds. The molecule has 5 heteroatoms. The van der Waals surface area contributed by atoms with Crippen molar-refractivity contribution in [3.63, 3.8) is 0 Å². The smallest absolute Gasteiger partial charge is 0.306 e. The fourth-order valence-corrected chi connectivity index (χ4v) is 3.19. The van der Waals surface area contributed by atoms with Crippen molar-refractivity contribution in [2.75, 3.05) is 6.61 Å². The highest BCUT2D eigenvalue weighted by Gasteiger charge is 2.24. The average Bonchev–Trinajstić information content (AvgIpc) is 2.60. The molecule has 5 nitrogen and oxygen atoms in total. The van der Waals surface area contributed by atoms with Crippen molar-refractivity contribution in [1.29, 1.82) is 0 Å². The van der Waals surface area contributed by atoms with Crippen LogP contribution in [0.4, 0.5) is 0 Å². The topological polar surface area (TPSA) is 72.3 Å². The van der Waals surface area contributed by atoms with Gasteiger partial charge in [0.25, 0.3) is 0 Å². The lowest BCUT2D eigenvalue weighted by Gasteiger charge is -2.23. The zero-order chi connectivity index (χ0) is 16.9. The van der Waals surface area contributed by atoms with Gasteiger partial charge in [-0.15, -0.1) is 0 Å². The van der Waals surface area contributed by atoms with Crippen LogP contribution in [-0.2, 0) is 4.79 Å². The highest BCUT2D eigenvalue weighted by Crippen LogP contribution is 2.30. The SMILES string of the molecule is CCOc1ccc2nccc(C=C[C@H]3CC[C@H](C(=O)O)CC3)c2n1. The maximum absolute atomic E-state index is 11.0. The second kappa shape index (κ2) is 7.43. The Morgan fingerprint density at radius 3 is 2.79 bits per heavy atom. The number of rotatable bonds is 5. The van der Waals surface area contributed by atoms with Crippen molar-refractivity contribution in [3.8, 4) is 5.88 Å². The van der Waals surface area contributed by atoms with E-state index in [0.717, 1.165) is 42.3 Å². The van der Waals surface area contributed by atoms with Crippen molar-refractivity contribution >= 4 is 23.1 Å². The Morgan fingerprint density at radius 1 is 1.29 bits per heavy atom. The van der Waals surface area contributed by atoms with E-state index in [-0.39, 0.29) is 5.92 Å². The molecule has 2 aromatic heterocycles. The van der Waals surface area contributed by atoms with Gasteiger partial charge in [0.15, 0.2) is 0 Å². The number of nitrogens with zero attached hydrogens (tertiary/aromatic N) is 2. The van der Waals surface area contributed by atoms with Crippen LogP contribution in [-0.4, -0.2) is 27.7 Å². The number of carbonyl (C=O) groups is 1. The third-order valence-electron chi connectivity index (χ3n) is 4.55. The predicted molar refractivity (Wildman–Crippen MR) is 92.8 cm³/mol. The summed E-state index contributed by atoms with van der Waals surface area (Å²) in [7, 11) is 0. The second-order valence-electron chi connectivity index (χ2n) is 6.16. The van der Waals surface area contributed by atoms with Crippen molar-refractivity contribution in [2.45, 2.75) is 32.6 Å². The van der Waals surface area contributed by atoms with Gasteiger partial charge in [0.05, 0.1) is 23.6 Å². The summed E-state index contributed by atoms with van der Waals surface area (Å²) in [6.07, 6.45) is 9.41. The summed E-state index contributed by atoms with van der Waals surface area (Å²) in [5.41, 5.74) is 2.69. The Labute approximate surface area is 141 Å². The number of pyridine rings is 2. The summed E-state index contributed by atoms with van der Waals surface area (Å²) in [6, 6.07) is 5.70. The fourth-order valence-electron chi connectivity index (χ4n) is 3.19. The molecule has 1 fully saturated rings. The third-order valence-corrected chi connectivity index (χ3v) is 4.55. The molecule has 1 aliphatic rings. The Balaban J connectivity index is 1.77. The van der Waals surface area contributed by atoms with Crippen LogP contribution in [0.5, 0.6) is 5.88 Å². The van der Waals surface area contributed by atoms with Crippen LogP contribution < -0.4 is 4.74 Å². The minimum atomic E-state index is -0.662. The summed E-state index contributed by atoms with van der Waals surface area (Å²) in [6.45, 7) is 2.51. The van der Waals surface area contributed by atoms with Gasteiger partial charge in [-0.3, -0.25) is 9.78 Å². The first-order chi connectivity index (χ1) is 11.7. The molecule has 1 saturated carbocycles. The minimum Gasteiger partial charge on any atom is -0.481 e. The number of ether oxygens (including phenoxy) is 1. The zero-order valence-corrected chi connectivity index (χ0v) is 13.8. The van der Waals surface area contributed by atoms with Crippen molar-refractivity contribution in [2.24, 2.45) is 11.8 Å². The molecular weight excluding hydrogens is 304 g/mol. The second-order valence-corrected chi connectivity index (χ2v) is 6.16. The number of allylic oxidation sites excluding steroid dienone is 1. The first-order valence-corrected chi connectivity index (χ1v) is 8.47. The quantitative estimate of drug-likeness (QED) is 0.901. The van der Waals surface area contributed by atoms with Crippen LogP contribution in [0.15, 0.2) is 30.5 Å². The van der Waals surface area contributed by atoms with Gasteiger partial charge in [0, 0.05) is 17.8 Å². The third kappa shape index (κ3) is 3.72. The van der Waals surface area contributed by atoms with Gasteiger partial charge in [-0.2, -0.15) is 0 Å². The van der Waals surface area contributed by atoms with Gasteiger partial charge in [-0.05, 0) is 50.7 Å². The van der Waals surface area contributed by atoms with Crippen LogP contribution in [0.1, 0.15) is 38.2 Å². The number of hydrogen-bond donors (Lipinski definition) is 1. The highest BCUT2D eigenvalue weighted by molar-refractivity contribution is 5.84. The van der Waals surface area contributed by atoms with Gasteiger partial charge in [0.2, 0.25) is 5.88 Å². The molecule has 1 N–H and O–H groups in total. The van der Waals surface area contributed by atoms with Crippen molar-refractivity contribution < 1.29 is 14.6 Å². The number of fused-ring (bicyclic) bond motifs is 1. The molecule has 0 unspecified atom stereocenters. The molecular formula is C19H22N2O3. The van der Waals surface area contributed by atoms with Gasteiger partial charge < -0.3 is 9.84 Å². The van der Waals surface area contributed by atoms with Crippen LogP contribution in [0.2, 0.25) is 0 Å².